The second kappa shape index (κ2) is 17.1. The molecule has 1 aromatic heterocycles. The highest BCUT2D eigenvalue weighted by atomic mass is 32.2. The number of fused-ring (bicyclic) bond motifs is 2. The van der Waals surface area contributed by atoms with E-state index in [-0.39, 0.29) is 34.8 Å². The molecule has 298 valence electrons. The summed E-state index contributed by atoms with van der Waals surface area (Å²) in [6.45, 7) is 4.88. The molecular formula is C36H44N4O11S4. The predicted octanol–water partition coefficient (Wildman–Crippen LogP) is 4.21. The average molecular weight is 837 g/mol. The number of amides is 2. The van der Waals surface area contributed by atoms with Gasteiger partial charge in [0, 0.05) is 81.0 Å². The Balaban J connectivity index is 1.42. The van der Waals surface area contributed by atoms with Gasteiger partial charge in [-0.05, 0) is 61.2 Å². The van der Waals surface area contributed by atoms with Gasteiger partial charge in [0.1, 0.15) is 4.70 Å². The number of anilines is 1. The third kappa shape index (κ3) is 9.58. The van der Waals surface area contributed by atoms with Crippen LogP contribution in [0, 0.1) is 0 Å². The summed E-state index contributed by atoms with van der Waals surface area (Å²) in [5.41, 5.74) is 2.37. The monoisotopic (exact) mass is 836 g/mol. The van der Waals surface area contributed by atoms with E-state index >= 15 is 0 Å². The molecule has 15 nitrogen and oxygen atoms in total. The molecule has 2 aliphatic heterocycles. The molecule has 2 aromatic carbocycles. The van der Waals surface area contributed by atoms with Crippen LogP contribution in [-0.2, 0) is 62.4 Å². The van der Waals surface area contributed by atoms with Gasteiger partial charge in [-0.3, -0.25) is 18.4 Å². The van der Waals surface area contributed by atoms with Gasteiger partial charge in [0.15, 0.2) is 6.54 Å². The number of carbonyl (C=O) groups is 3. The topological polar surface area (TPSA) is 203 Å². The molecule has 1 fully saturated rings. The van der Waals surface area contributed by atoms with Crippen LogP contribution in [0.4, 0.5) is 5.69 Å². The zero-order valence-corrected chi connectivity index (χ0v) is 34.2. The molecule has 0 saturated carbocycles. The van der Waals surface area contributed by atoms with E-state index in [1.165, 1.54) is 37.6 Å². The van der Waals surface area contributed by atoms with E-state index in [1.54, 1.807) is 24.3 Å². The maximum Gasteiger partial charge on any atom is 0.333 e. The zero-order valence-electron chi connectivity index (χ0n) is 30.9. The fraction of sp³-hybridized carbons (Fsp3) is 0.444. The number of nitrogens with zero attached hydrogens (tertiary/aromatic N) is 4. The lowest BCUT2D eigenvalue weighted by Gasteiger charge is -2.27. The standard InChI is InChI=1S/C36H44N4O11S4/c1-36(2)27-23-26(55(48,49)50)15-16-28(27)38(20-7-5-6-13-35(43)51-40-32(41)18-19-33(40)42)31(36)11-10-12-34-39(21-8-9-22-53(44)45)29-17-14-25(24-30(29)52-34)54(46,47)37(3)4/h10-12,14-17,23-24H,5-9,13,18-22H2,1-4H3,(H-,44,45,48,49,50). The minimum Gasteiger partial charge on any atom is -0.772 e. The number of hydroxylamine groups is 2. The number of aromatic nitrogens is 1. The molecule has 0 radical (unpaired) electrons. The van der Waals surface area contributed by atoms with E-state index in [0.717, 1.165) is 30.9 Å². The number of allylic oxidation sites excluding steroid dienone is 3. The van der Waals surface area contributed by atoms with E-state index < -0.39 is 54.4 Å². The first-order valence-electron chi connectivity index (χ1n) is 17.6. The van der Waals surface area contributed by atoms with Gasteiger partial charge in [-0.15, -0.1) is 5.06 Å². The summed E-state index contributed by atoms with van der Waals surface area (Å²) in [6, 6.07) is 9.40. The van der Waals surface area contributed by atoms with Gasteiger partial charge in [0.25, 0.3) is 26.9 Å². The molecule has 0 aliphatic carbocycles. The van der Waals surface area contributed by atoms with E-state index in [4.69, 9.17) is 4.84 Å². The number of unbranched alkanes of at least 4 members (excludes halogenated alkanes) is 3. The van der Waals surface area contributed by atoms with E-state index in [9.17, 15) is 44.5 Å². The summed E-state index contributed by atoms with van der Waals surface area (Å²) in [5.74, 6) is -1.73. The largest absolute Gasteiger partial charge is 0.772 e. The van der Waals surface area contributed by atoms with Crippen LogP contribution in [0.25, 0.3) is 16.3 Å². The number of benzene rings is 2. The first-order valence-corrected chi connectivity index (χ1v) is 22.6. The Bertz CT molecular complexity index is 2280. The van der Waals surface area contributed by atoms with Crippen molar-refractivity contribution in [1.29, 1.82) is 0 Å². The molecule has 1 N–H and O–H groups in total. The number of rotatable bonds is 17. The summed E-state index contributed by atoms with van der Waals surface area (Å²) >= 11 is -0.768. The Morgan fingerprint density at radius 3 is 2.36 bits per heavy atom. The van der Waals surface area contributed by atoms with Crippen molar-refractivity contribution in [3.05, 3.63) is 64.8 Å². The minimum atomic E-state index is -4.48. The molecule has 1 saturated heterocycles. The maximum absolute atomic E-state index is 12.9. The second-order valence-corrected chi connectivity index (χ2v) is 19.6. The molecule has 19 heteroatoms. The molecule has 55 heavy (non-hydrogen) atoms. The van der Waals surface area contributed by atoms with E-state index in [0.29, 0.717) is 55.8 Å². The van der Waals surface area contributed by atoms with Crippen molar-refractivity contribution in [2.75, 3.05) is 31.3 Å². The molecule has 3 heterocycles. The van der Waals surface area contributed by atoms with Crippen molar-refractivity contribution >= 4 is 82.3 Å². The molecule has 1 unspecified atom stereocenters. The maximum atomic E-state index is 12.9. The highest BCUT2D eigenvalue weighted by Crippen LogP contribution is 2.48. The van der Waals surface area contributed by atoms with Gasteiger partial charge in [0.05, 0.1) is 9.79 Å². The van der Waals surface area contributed by atoms with Crippen molar-refractivity contribution in [3.8, 4) is 0 Å². The van der Waals surface area contributed by atoms with Gasteiger partial charge in [-0.2, -0.15) is 13.0 Å². The quantitative estimate of drug-likeness (QED) is 0.0669. The molecule has 3 aromatic rings. The lowest BCUT2D eigenvalue weighted by atomic mass is 9.83. The number of sulfonamides is 1. The van der Waals surface area contributed by atoms with Crippen LogP contribution in [-0.4, -0.2) is 83.7 Å². The van der Waals surface area contributed by atoms with Crippen LogP contribution >= 0.6 is 11.3 Å². The van der Waals surface area contributed by atoms with Crippen LogP contribution in [0.3, 0.4) is 0 Å². The molecule has 0 bridgehead atoms. The fourth-order valence-corrected chi connectivity index (χ4v) is 9.69. The number of hydrogen-bond acceptors (Lipinski definition) is 12. The first kappa shape index (κ1) is 42.3. The van der Waals surface area contributed by atoms with Gasteiger partial charge < -0.3 is 14.3 Å². The lowest BCUT2D eigenvalue weighted by molar-refractivity contribution is -0.669. The van der Waals surface area contributed by atoms with Crippen molar-refractivity contribution in [3.63, 3.8) is 0 Å². The second-order valence-electron chi connectivity index (χ2n) is 13.9. The van der Waals surface area contributed by atoms with Crippen molar-refractivity contribution in [2.45, 2.75) is 87.0 Å². The molecule has 2 amide bonds. The third-order valence-electron chi connectivity index (χ3n) is 9.54. The lowest BCUT2D eigenvalue weighted by Crippen LogP contribution is -2.35. The van der Waals surface area contributed by atoms with Crippen LogP contribution in [0.1, 0.15) is 75.8 Å². The van der Waals surface area contributed by atoms with Crippen LogP contribution in [0.15, 0.2) is 64.0 Å². The molecular weight excluding hydrogens is 793 g/mol. The molecule has 0 spiro atoms. The Hall–Kier alpha value is -3.85. The van der Waals surface area contributed by atoms with Gasteiger partial charge in [-0.25, -0.2) is 17.5 Å². The summed E-state index contributed by atoms with van der Waals surface area (Å²) in [6.07, 6.45) is 8.39. The highest BCUT2D eigenvalue weighted by Gasteiger charge is 2.40. The Morgan fingerprint density at radius 2 is 1.71 bits per heavy atom. The Morgan fingerprint density at radius 1 is 1.02 bits per heavy atom. The summed E-state index contributed by atoms with van der Waals surface area (Å²) < 4.78 is 86.0. The van der Waals surface area contributed by atoms with Crippen molar-refractivity contribution < 1.29 is 53.9 Å². The fourth-order valence-electron chi connectivity index (χ4n) is 6.60. The van der Waals surface area contributed by atoms with Gasteiger partial charge >= 0.3 is 5.97 Å². The number of hydrogen-bond donors (Lipinski definition) is 1. The molecule has 5 rings (SSSR count). The zero-order chi connectivity index (χ0) is 40.3. The van der Waals surface area contributed by atoms with Crippen LogP contribution in [0.2, 0.25) is 0 Å². The SMILES string of the molecule is CN(C)S(=O)(=O)c1ccc2c(c1)sc(/C=C/C=C1/N(CCCCCC(=O)ON3C(=O)CCC3=O)c3ccc(S(=O)(=O)O)cc3C1(C)C)[n+]2CCCCS(=O)[O-]. The van der Waals surface area contributed by atoms with Gasteiger partial charge in [-0.1, -0.05) is 48.8 Å². The first-order chi connectivity index (χ1) is 25.8. The number of carbonyl (C=O) groups excluding carboxylic acids is 3. The molecule has 1 atom stereocenters. The Labute approximate surface area is 327 Å². The molecule has 2 aliphatic rings. The van der Waals surface area contributed by atoms with E-state index in [1.807, 2.05) is 36.6 Å². The smallest absolute Gasteiger partial charge is 0.333 e. The number of imide groups is 1. The summed E-state index contributed by atoms with van der Waals surface area (Å²) in [5, 5.41) is 1.33. The highest BCUT2D eigenvalue weighted by molar-refractivity contribution is 7.89. The number of aryl methyl sites for hydroxylation is 1. The summed E-state index contributed by atoms with van der Waals surface area (Å²) in [7, 11) is -5.24. The van der Waals surface area contributed by atoms with Crippen LogP contribution in [0.5, 0.6) is 0 Å². The van der Waals surface area contributed by atoms with E-state index in [2.05, 4.69) is 4.90 Å². The number of thiazole rings is 1. The van der Waals surface area contributed by atoms with Crippen molar-refractivity contribution in [2.24, 2.45) is 0 Å². The third-order valence-corrected chi connectivity index (χ3v) is 13.9. The predicted molar refractivity (Wildman–Crippen MR) is 205 cm³/mol. The van der Waals surface area contributed by atoms with Gasteiger partial charge in [0.2, 0.25) is 15.5 Å². The normalized spacial score (nSPS) is 17.3. The Kier molecular flexibility index (Phi) is 13.2. The average Bonchev–Trinajstić information content (AvgIpc) is 3.69. The summed E-state index contributed by atoms with van der Waals surface area (Å²) in [4.78, 5) is 42.8. The minimum absolute atomic E-state index is 0.00871. The van der Waals surface area contributed by atoms with Crippen LogP contribution < -0.4 is 9.47 Å². The van der Waals surface area contributed by atoms with Crippen molar-refractivity contribution in [1.82, 2.24) is 9.37 Å².